The first-order valence-electron chi connectivity index (χ1n) is 5.55. The maximum atomic E-state index is 12.0. The number of aromatic hydroxyl groups is 1. The molecule has 0 radical (unpaired) electrons. The molecule has 0 saturated carbocycles. The molecule has 0 spiro atoms. The zero-order chi connectivity index (χ0) is 14.5. The Balaban J connectivity index is 2.64. The number of hydrogen-bond acceptors (Lipinski definition) is 4. The van der Waals surface area contributed by atoms with Gasteiger partial charge in [0.05, 0.1) is 6.61 Å². The third-order valence-corrected chi connectivity index (χ3v) is 2.17. The molecule has 0 atom stereocenters. The van der Waals surface area contributed by atoms with Crippen molar-refractivity contribution in [3.8, 4) is 11.5 Å². The lowest BCUT2D eigenvalue weighted by Crippen LogP contribution is -2.17. The summed E-state index contributed by atoms with van der Waals surface area (Å²) in [5.41, 5.74) is 0.514. The van der Waals surface area contributed by atoms with Crippen LogP contribution in [0.5, 0.6) is 11.5 Å². The second-order valence-electron chi connectivity index (χ2n) is 3.65. The number of carbonyl (C=O) groups is 1. The summed E-state index contributed by atoms with van der Waals surface area (Å²) in [6, 6.07) is 3.48. The Morgan fingerprint density at radius 2 is 2.05 bits per heavy atom. The van der Waals surface area contributed by atoms with E-state index >= 15 is 0 Å². The van der Waals surface area contributed by atoms with E-state index in [2.05, 4.69) is 4.74 Å². The van der Waals surface area contributed by atoms with Crippen molar-refractivity contribution in [3.05, 3.63) is 23.8 Å². The smallest absolute Gasteiger partial charge is 0.504 e. The summed E-state index contributed by atoms with van der Waals surface area (Å²) in [6.07, 6.45) is -4.50. The van der Waals surface area contributed by atoms with Gasteiger partial charge < -0.3 is 14.6 Å². The van der Waals surface area contributed by atoms with Gasteiger partial charge in [-0.2, -0.15) is 0 Å². The fourth-order valence-electron chi connectivity index (χ4n) is 1.41. The van der Waals surface area contributed by atoms with Crippen LogP contribution in [0.15, 0.2) is 18.2 Å². The third-order valence-electron chi connectivity index (χ3n) is 2.17. The summed E-state index contributed by atoms with van der Waals surface area (Å²) in [5.74, 6) is -1.70. The Kier molecular flexibility index (Phi) is 5.02. The first-order valence-corrected chi connectivity index (χ1v) is 5.55. The molecule has 1 N–H and O–H groups in total. The van der Waals surface area contributed by atoms with Crippen LogP contribution < -0.4 is 4.74 Å². The van der Waals surface area contributed by atoms with Crippen LogP contribution in [0.3, 0.4) is 0 Å². The highest BCUT2D eigenvalue weighted by molar-refractivity contribution is 5.69. The zero-order valence-corrected chi connectivity index (χ0v) is 10.2. The summed E-state index contributed by atoms with van der Waals surface area (Å²) in [5, 5.41) is 9.38. The zero-order valence-electron chi connectivity index (χ0n) is 10.2. The number of carbonyl (C=O) groups excluding carboxylic acids is 1. The Bertz CT molecular complexity index is 443. The Morgan fingerprint density at radius 1 is 1.37 bits per heavy atom. The molecule has 4 nitrogen and oxygen atoms in total. The van der Waals surface area contributed by atoms with E-state index in [4.69, 9.17) is 4.74 Å². The number of ether oxygens (including phenoxy) is 2. The molecule has 1 aromatic rings. The largest absolute Gasteiger partial charge is 0.573 e. The summed E-state index contributed by atoms with van der Waals surface area (Å²) in [7, 11) is 0. The topological polar surface area (TPSA) is 55.8 Å². The maximum Gasteiger partial charge on any atom is 0.573 e. The average molecular weight is 278 g/mol. The Hall–Kier alpha value is -1.92. The Morgan fingerprint density at radius 3 is 2.58 bits per heavy atom. The number of hydrogen-bond donors (Lipinski definition) is 1. The van der Waals surface area contributed by atoms with Crippen molar-refractivity contribution in [2.75, 3.05) is 6.61 Å². The van der Waals surface area contributed by atoms with Gasteiger partial charge in [0.25, 0.3) is 0 Å². The van der Waals surface area contributed by atoms with E-state index < -0.39 is 23.8 Å². The lowest BCUT2D eigenvalue weighted by molar-refractivity contribution is -0.275. The fraction of sp³-hybridized carbons (Fsp3) is 0.417. The average Bonchev–Trinajstić information content (AvgIpc) is 2.28. The number of benzene rings is 1. The second-order valence-corrected chi connectivity index (χ2v) is 3.65. The molecule has 0 aliphatic carbocycles. The van der Waals surface area contributed by atoms with Crippen LogP contribution in [-0.4, -0.2) is 24.0 Å². The van der Waals surface area contributed by atoms with Crippen molar-refractivity contribution in [2.24, 2.45) is 0 Å². The van der Waals surface area contributed by atoms with Crippen LogP contribution in [0.1, 0.15) is 18.9 Å². The van der Waals surface area contributed by atoms with Gasteiger partial charge in [-0.3, -0.25) is 4.79 Å². The molecule has 1 rings (SSSR count). The van der Waals surface area contributed by atoms with E-state index in [0.29, 0.717) is 5.56 Å². The van der Waals surface area contributed by atoms with Gasteiger partial charge in [0.15, 0.2) is 11.5 Å². The summed E-state index contributed by atoms with van der Waals surface area (Å²) >= 11 is 0. The van der Waals surface area contributed by atoms with Crippen molar-refractivity contribution in [1.29, 1.82) is 0 Å². The fourth-order valence-corrected chi connectivity index (χ4v) is 1.41. The van der Waals surface area contributed by atoms with Crippen LogP contribution in [0.2, 0.25) is 0 Å². The van der Waals surface area contributed by atoms with Gasteiger partial charge in [-0.15, -0.1) is 13.2 Å². The molecule has 0 bridgehead atoms. The molecular formula is C12H13F3O4. The number of halogens is 3. The quantitative estimate of drug-likeness (QED) is 0.841. The predicted octanol–water partition coefficient (Wildman–Crippen LogP) is 2.79. The molecular weight excluding hydrogens is 265 g/mol. The van der Waals surface area contributed by atoms with Crippen LogP contribution in [-0.2, 0) is 16.0 Å². The first kappa shape index (κ1) is 15.1. The summed E-state index contributed by atoms with van der Waals surface area (Å²) in [4.78, 5) is 11.1. The lowest BCUT2D eigenvalue weighted by Gasteiger charge is -2.11. The number of phenols is 1. The van der Waals surface area contributed by atoms with Gasteiger partial charge in [-0.1, -0.05) is 6.07 Å². The van der Waals surface area contributed by atoms with E-state index in [0.717, 1.165) is 12.1 Å². The van der Waals surface area contributed by atoms with Gasteiger partial charge in [-0.05, 0) is 31.0 Å². The molecule has 0 aliphatic rings. The van der Waals surface area contributed by atoms with E-state index in [9.17, 15) is 23.1 Å². The molecule has 0 saturated heterocycles. The number of rotatable bonds is 5. The normalized spacial score (nSPS) is 11.2. The van der Waals surface area contributed by atoms with Crippen LogP contribution in [0.4, 0.5) is 13.2 Å². The van der Waals surface area contributed by atoms with Crippen molar-refractivity contribution >= 4 is 5.97 Å². The molecule has 0 fully saturated rings. The van der Waals surface area contributed by atoms with Gasteiger partial charge in [-0.25, -0.2) is 0 Å². The van der Waals surface area contributed by atoms with Crippen LogP contribution in [0.25, 0.3) is 0 Å². The molecule has 19 heavy (non-hydrogen) atoms. The maximum absolute atomic E-state index is 12.0. The molecule has 0 aromatic heterocycles. The summed E-state index contributed by atoms with van der Waals surface area (Å²) < 4.78 is 44.2. The highest BCUT2D eigenvalue weighted by Gasteiger charge is 2.32. The SMILES string of the molecule is CCOC(=O)CCc1ccc(OC(F)(F)F)c(O)c1. The van der Waals surface area contributed by atoms with Crippen molar-refractivity contribution in [2.45, 2.75) is 26.1 Å². The van der Waals surface area contributed by atoms with E-state index in [1.807, 2.05) is 0 Å². The second kappa shape index (κ2) is 6.31. The minimum Gasteiger partial charge on any atom is -0.504 e. The van der Waals surface area contributed by atoms with E-state index in [-0.39, 0.29) is 19.4 Å². The Labute approximate surface area is 107 Å². The summed E-state index contributed by atoms with van der Waals surface area (Å²) in [6.45, 7) is 1.94. The van der Waals surface area contributed by atoms with E-state index in [1.165, 1.54) is 6.07 Å². The highest BCUT2D eigenvalue weighted by Crippen LogP contribution is 2.32. The van der Waals surface area contributed by atoms with E-state index in [1.54, 1.807) is 6.92 Å². The van der Waals surface area contributed by atoms with Crippen molar-refractivity contribution < 1.29 is 32.5 Å². The minimum absolute atomic E-state index is 0.0900. The molecule has 0 unspecified atom stereocenters. The number of esters is 1. The molecule has 0 amide bonds. The number of alkyl halides is 3. The third kappa shape index (κ3) is 5.50. The van der Waals surface area contributed by atoms with Crippen LogP contribution in [0, 0.1) is 0 Å². The monoisotopic (exact) mass is 278 g/mol. The standard InChI is InChI=1S/C12H13F3O4/c1-2-18-11(17)6-4-8-3-5-10(9(16)7-8)19-12(13,14)15/h3,5,7,16H,2,4,6H2,1H3. The van der Waals surface area contributed by atoms with Gasteiger partial charge in [0, 0.05) is 6.42 Å². The number of aryl methyl sites for hydroxylation is 1. The van der Waals surface area contributed by atoms with Gasteiger partial charge in [0.1, 0.15) is 0 Å². The first-order chi connectivity index (χ1) is 8.81. The van der Waals surface area contributed by atoms with Crippen molar-refractivity contribution in [3.63, 3.8) is 0 Å². The molecule has 1 aromatic carbocycles. The van der Waals surface area contributed by atoms with Gasteiger partial charge >= 0.3 is 12.3 Å². The van der Waals surface area contributed by atoms with Crippen molar-refractivity contribution in [1.82, 2.24) is 0 Å². The molecule has 7 heteroatoms. The lowest BCUT2D eigenvalue weighted by atomic mass is 10.1. The van der Waals surface area contributed by atoms with Gasteiger partial charge in [0.2, 0.25) is 0 Å². The molecule has 0 heterocycles. The number of phenolic OH excluding ortho intramolecular Hbond substituents is 1. The predicted molar refractivity (Wildman–Crippen MR) is 59.7 cm³/mol. The van der Waals surface area contributed by atoms with Crippen LogP contribution >= 0.6 is 0 Å². The minimum atomic E-state index is -4.86. The molecule has 106 valence electrons. The molecule has 0 aliphatic heterocycles. The highest BCUT2D eigenvalue weighted by atomic mass is 19.4.